The monoisotopic (exact) mass is 315 g/mol. The molecule has 118 valence electrons. The van der Waals surface area contributed by atoms with Gasteiger partial charge in [-0.1, -0.05) is 30.3 Å². The Morgan fingerprint density at radius 2 is 2.04 bits per heavy atom. The van der Waals surface area contributed by atoms with E-state index in [4.69, 9.17) is 4.74 Å². The molecule has 0 spiro atoms. The Balaban J connectivity index is 2.02. The van der Waals surface area contributed by atoms with Gasteiger partial charge in [0, 0.05) is 23.8 Å². The summed E-state index contributed by atoms with van der Waals surface area (Å²) >= 11 is 0. The van der Waals surface area contributed by atoms with E-state index in [1.165, 1.54) is 11.3 Å². The molecule has 0 N–H and O–H groups in total. The summed E-state index contributed by atoms with van der Waals surface area (Å²) in [5.41, 5.74) is 4.80. The van der Waals surface area contributed by atoms with Crippen LogP contribution in [0.2, 0.25) is 0 Å². The summed E-state index contributed by atoms with van der Waals surface area (Å²) in [7, 11) is 1.64. The van der Waals surface area contributed by atoms with E-state index in [2.05, 4.69) is 34.2 Å². The van der Waals surface area contributed by atoms with Crippen molar-refractivity contribution in [3.05, 3.63) is 59.8 Å². The smallest absolute Gasteiger partial charge is 0.145 e. The number of nitriles is 1. The second kappa shape index (κ2) is 5.86. The summed E-state index contributed by atoms with van der Waals surface area (Å²) in [4.78, 5) is 6.71. The molecule has 4 heteroatoms. The molecular formula is C20H17N3O. The van der Waals surface area contributed by atoms with Crippen LogP contribution in [0.1, 0.15) is 17.5 Å². The van der Waals surface area contributed by atoms with Crippen molar-refractivity contribution in [1.29, 1.82) is 5.26 Å². The first-order valence-corrected chi connectivity index (χ1v) is 8.04. The van der Waals surface area contributed by atoms with Gasteiger partial charge in [-0.05, 0) is 30.5 Å². The lowest BCUT2D eigenvalue weighted by atomic mass is 9.99. The molecule has 0 aliphatic carbocycles. The van der Waals surface area contributed by atoms with Gasteiger partial charge in [0.15, 0.2) is 0 Å². The molecular weight excluding hydrogens is 298 g/mol. The standard InChI is InChI=1S/C20H17N3O/c1-24-18-10-4-8-16-19(18)22-13-15(12-21)20(16)23-11-5-7-14-6-2-3-9-17(14)23/h2-4,6,8-10,13H,5,7,11H2,1H3. The van der Waals surface area contributed by atoms with Crippen molar-refractivity contribution < 1.29 is 4.74 Å². The molecule has 0 radical (unpaired) electrons. The van der Waals surface area contributed by atoms with Crippen LogP contribution in [0, 0.1) is 11.3 Å². The van der Waals surface area contributed by atoms with Gasteiger partial charge in [-0.25, -0.2) is 0 Å². The average molecular weight is 315 g/mol. The molecule has 4 rings (SSSR count). The summed E-state index contributed by atoms with van der Waals surface area (Å²) in [6.45, 7) is 0.891. The first-order valence-electron chi connectivity index (χ1n) is 8.04. The molecule has 4 nitrogen and oxygen atoms in total. The van der Waals surface area contributed by atoms with Gasteiger partial charge >= 0.3 is 0 Å². The van der Waals surface area contributed by atoms with Crippen LogP contribution in [-0.4, -0.2) is 18.6 Å². The van der Waals surface area contributed by atoms with Crippen LogP contribution in [-0.2, 0) is 6.42 Å². The number of ether oxygens (including phenoxy) is 1. The van der Waals surface area contributed by atoms with Gasteiger partial charge in [-0.3, -0.25) is 4.98 Å². The Labute approximate surface area is 140 Å². The number of hydrogen-bond acceptors (Lipinski definition) is 4. The average Bonchev–Trinajstić information content (AvgIpc) is 2.66. The summed E-state index contributed by atoms with van der Waals surface area (Å²) in [6, 6.07) is 16.6. The largest absolute Gasteiger partial charge is 0.494 e. The lowest BCUT2D eigenvalue weighted by molar-refractivity contribution is 0.419. The number of aromatic nitrogens is 1. The maximum absolute atomic E-state index is 9.64. The third-order valence-electron chi connectivity index (χ3n) is 4.55. The highest BCUT2D eigenvalue weighted by Gasteiger charge is 2.23. The van der Waals surface area contributed by atoms with Crippen LogP contribution in [0.25, 0.3) is 10.9 Å². The van der Waals surface area contributed by atoms with Gasteiger partial charge in [0.1, 0.15) is 17.3 Å². The fourth-order valence-electron chi connectivity index (χ4n) is 3.49. The quantitative estimate of drug-likeness (QED) is 0.711. The number of hydrogen-bond donors (Lipinski definition) is 0. The number of pyridine rings is 1. The predicted octanol–water partition coefficient (Wildman–Crippen LogP) is 4.20. The summed E-state index contributed by atoms with van der Waals surface area (Å²) in [5.74, 6) is 0.725. The van der Waals surface area contributed by atoms with Gasteiger partial charge in [-0.2, -0.15) is 5.26 Å². The van der Waals surface area contributed by atoms with Gasteiger partial charge in [-0.15, -0.1) is 0 Å². The number of aryl methyl sites for hydroxylation is 1. The Morgan fingerprint density at radius 1 is 1.17 bits per heavy atom. The van der Waals surface area contributed by atoms with E-state index < -0.39 is 0 Å². The number of rotatable bonds is 2. The van der Waals surface area contributed by atoms with Crippen LogP contribution in [0.3, 0.4) is 0 Å². The number of benzene rings is 2. The highest BCUT2D eigenvalue weighted by atomic mass is 16.5. The molecule has 0 saturated carbocycles. The predicted molar refractivity (Wildman–Crippen MR) is 94.8 cm³/mol. The molecule has 0 saturated heterocycles. The molecule has 0 fully saturated rings. The molecule has 1 aliphatic heterocycles. The minimum absolute atomic E-state index is 0.590. The van der Waals surface area contributed by atoms with E-state index in [9.17, 15) is 5.26 Å². The van der Waals surface area contributed by atoms with E-state index >= 15 is 0 Å². The van der Waals surface area contributed by atoms with Crippen molar-refractivity contribution >= 4 is 22.3 Å². The minimum atomic E-state index is 0.590. The van der Waals surface area contributed by atoms with Gasteiger partial charge in [0.05, 0.1) is 18.4 Å². The second-order valence-electron chi connectivity index (χ2n) is 5.87. The topological polar surface area (TPSA) is 49.1 Å². The molecule has 0 unspecified atom stereocenters. The molecule has 0 amide bonds. The van der Waals surface area contributed by atoms with Gasteiger partial charge < -0.3 is 9.64 Å². The normalized spacial score (nSPS) is 13.4. The second-order valence-corrected chi connectivity index (χ2v) is 5.87. The summed E-state index contributed by atoms with van der Waals surface area (Å²) in [5, 5.41) is 10.6. The van der Waals surface area contributed by atoms with Crippen LogP contribution in [0.5, 0.6) is 5.75 Å². The maximum Gasteiger partial charge on any atom is 0.145 e. The van der Waals surface area contributed by atoms with Crippen LogP contribution < -0.4 is 9.64 Å². The highest BCUT2D eigenvalue weighted by Crippen LogP contribution is 2.40. The van der Waals surface area contributed by atoms with Crippen molar-refractivity contribution in [2.24, 2.45) is 0 Å². The maximum atomic E-state index is 9.64. The van der Waals surface area contributed by atoms with Crippen LogP contribution in [0.4, 0.5) is 11.4 Å². The zero-order chi connectivity index (χ0) is 16.5. The van der Waals surface area contributed by atoms with E-state index in [-0.39, 0.29) is 0 Å². The Bertz CT molecular complexity index is 959. The minimum Gasteiger partial charge on any atom is -0.494 e. The van der Waals surface area contributed by atoms with Crippen molar-refractivity contribution in [3.8, 4) is 11.8 Å². The zero-order valence-electron chi connectivity index (χ0n) is 13.5. The number of nitrogens with zero attached hydrogens (tertiary/aromatic N) is 3. The van der Waals surface area contributed by atoms with Crippen LogP contribution in [0.15, 0.2) is 48.7 Å². The molecule has 1 aromatic heterocycles. The fourth-order valence-corrected chi connectivity index (χ4v) is 3.49. The van der Waals surface area contributed by atoms with Crippen molar-refractivity contribution in [3.63, 3.8) is 0 Å². The van der Waals surface area contributed by atoms with Gasteiger partial charge in [0.25, 0.3) is 0 Å². The SMILES string of the molecule is COc1cccc2c(N3CCCc4ccccc43)c(C#N)cnc12. The van der Waals surface area contributed by atoms with E-state index in [1.54, 1.807) is 13.3 Å². The molecule has 0 bridgehead atoms. The van der Waals surface area contributed by atoms with E-state index in [0.717, 1.165) is 41.7 Å². The van der Waals surface area contributed by atoms with Crippen molar-refractivity contribution in [2.45, 2.75) is 12.8 Å². The highest BCUT2D eigenvalue weighted by molar-refractivity contribution is 5.99. The summed E-state index contributed by atoms with van der Waals surface area (Å²) < 4.78 is 5.45. The first kappa shape index (κ1) is 14.5. The third-order valence-corrected chi connectivity index (χ3v) is 4.55. The van der Waals surface area contributed by atoms with Crippen molar-refractivity contribution in [1.82, 2.24) is 4.98 Å². The number of para-hydroxylation sites is 2. The third kappa shape index (κ3) is 2.17. The molecule has 3 aromatic rings. The molecule has 1 aliphatic rings. The number of methoxy groups -OCH3 is 1. The Kier molecular flexibility index (Phi) is 3.55. The lowest BCUT2D eigenvalue weighted by Gasteiger charge is -2.32. The zero-order valence-corrected chi connectivity index (χ0v) is 13.5. The molecule has 24 heavy (non-hydrogen) atoms. The molecule has 2 heterocycles. The molecule has 0 atom stereocenters. The van der Waals surface area contributed by atoms with E-state index in [1.807, 2.05) is 24.3 Å². The summed E-state index contributed by atoms with van der Waals surface area (Å²) in [6.07, 6.45) is 3.79. The number of fused-ring (bicyclic) bond motifs is 2. The van der Waals surface area contributed by atoms with Crippen LogP contribution >= 0.6 is 0 Å². The van der Waals surface area contributed by atoms with Gasteiger partial charge in [0.2, 0.25) is 0 Å². The molecule has 2 aromatic carbocycles. The lowest BCUT2D eigenvalue weighted by Crippen LogP contribution is -2.25. The fraction of sp³-hybridized carbons (Fsp3) is 0.200. The first-order chi connectivity index (χ1) is 11.8. The Hall–Kier alpha value is -3.06. The van der Waals surface area contributed by atoms with Crippen molar-refractivity contribution in [2.75, 3.05) is 18.6 Å². The Morgan fingerprint density at radius 3 is 2.88 bits per heavy atom. The number of anilines is 2. The van der Waals surface area contributed by atoms with E-state index in [0.29, 0.717) is 5.56 Å².